The number of hydrogen-bond donors (Lipinski definition) is 1. The molecule has 110 valence electrons. The Hall–Kier alpha value is -1.68. The summed E-state index contributed by atoms with van der Waals surface area (Å²) in [5, 5.41) is 3.47. The van der Waals surface area contributed by atoms with Crippen molar-refractivity contribution in [1.29, 1.82) is 0 Å². The molecule has 0 amide bonds. The smallest absolute Gasteiger partial charge is 0.161 e. The molecule has 0 saturated heterocycles. The average molecular weight is 277 g/mol. The van der Waals surface area contributed by atoms with E-state index in [-0.39, 0.29) is 6.04 Å². The second-order valence-corrected chi connectivity index (χ2v) is 4.70. The zero-order chi connectivity index (χ0) is 14.4. The van der Waals surface area contributed by atoms with Gasteiger partial charge in [0.25, 0.3) is 0 Å². The number of nitrogens with one attached hydrogen (secondary N) is 1. The second kappa shape index (κ2) is 7.20. The maximum Gasteiger partial charge on any atom is 0.161 e. The van der Waals surface area contributed by atoms with Gasteiger partial charge in [-0.15, -0.1) is 0 Å². The van der Waals surface area contributed by atoms with E-state index in [1.807, 2.05) is 18.2 Å². The van der Waals surface area contributed by atoms with Crippen molar-refractivity contribution in [2.24, 2.45) is 0 Å². The summed E-state index contributed by atoms with van der Waals surface area (Å²) in [5.74, 6) is 2.49. The fraction of sp³-hybridized carbons (Fsp3) is 0.500. The van der Waals surface area contributed by atoms with Gasteiger partial charge in [0.2, 0.25) is 0 Å². The molecule has 1 heterocycles. The summed E-state index contributed by atoms with van der Waals surface area (Å²) >= 11 is 0. The van der Waals surface area contributed by atoms with Gasteiger partial charge in [0.05, 0.1) is 26.9 Å². The number of methoxy groups -OCH3 is 2. The van der Waals surface area contributed by atoms with Crippen LogP contribution in [0.25, 0.3) is 0 Å². The normalized spacial score (nSPS) is 16.1. The highest BCUT2D eigenvalue weighted by Crippen LogP contribution is 2.33. The number of ether oxygens (including phenoxy) is 3. The lowest BCUT2D eigenvalue weighted by Gasteiger charge is -2.25. The molecule has 4 heteroatoms. The van der Waals surface area contributed by atoms with Crippen LogP contribution in [0.4, 0.5) is 0 Å². The van der Waals surface area contributed by atoms with Crippen molar-refractivity contribution < 1.29 is 14.2 Å². The van der Waals surface area contributed by atoms with E-state index < -0.39 is 0 Å². The lowest BCUT2D eigenvalue weighted by atomic mass is 10.0. The second-order valence-electron chi connectivity index (χ2n) is 4.70. The van der Waals surface area contributed by atoms with Gasteiger partial charge in [-0.05, 0) is 43.2 Å². The van der Waals surface area contributed by atoms with E-state index in [2.05, 4.69) is 18.3 Å². The monoisotopic (exact) mass is 277 g/mol. The molecule has 1 aliphatic rings. The molecule has 1 aromatic carbocycles. The molecule has 0 bridgehead atoms. The summed E-state index contributed by atoms with van der Waals surface area (Å²) in [5.41, 5.74) is 1.12. The van der Waals surface area contributed by atoms with Gasteiger partial charge in [-0.2, -0.15) is 0 Å². The molecule has 0 aliphatic carbocycles. The zero-order valence-corrected chi connectivity index (χ0v) is 12.4. The number of hydrogen-bond acceptors (Lipinski definition) is 4. The Morgan fingerprint density at radius 2 is 2.05 bits per heavy atom. The maximum atomic E-state index is 5.80. The third-order valence-electron chi connectivity index (χ3n) is 3.40. The van der Waals surface area contributed by atoms with E-state index in [0.717, 1.165) is 48.8 Å². The third-order valence-corrected chi connectivity index (χ3v) is 3.40. The Kier molecular flexibility index (Phi) is 5.30. The lowest BCUT2D eigenvalue weighted by molar-refractivity contribution is 0.168. The molecule has 0 spiro atoms. The Morgan fingerprint density at radius 3 is 2.65 bits per heavy atom. The van der Waals surface area contributed by atoms with Crippen molar-refractivity contribution in [2.75, 3.05) is 27.4 Å². The van der Waals surface area contributed by atoms with Crippen LogP contribution in [0.15, 0.2) is 30.0 Å². The van der Waals surface area contributed by atoms with Gasteiger partial charge in [0, 0.05) is 0 Å². The van der Waals surface area contributed by atoms with E-state index in [9.17, 15) is 0 Å². The summed E-state index contributed by atoms with van der Waals surface area (Å²) in [6.45, 7) is 3.76. The first-order chi connectivity index (χ1) is 9.80. The summed E-state index contributed by atoms with van der Waals surface area (Å²) in [6.07, 6.45) is 4.34. The molecular weight excluding hydrogens is 254 g/mol. The van der Waals surface area contributed by atoms with Gasteiger partial charge < -0.3 is 19.5 Å². The van der Waals surface area contributed by atoms with Crippen molar-refractivity contribution in [3.63, 3.8) is 0 Å². The van der Waals surface area contributed by atoms with Gasteiger partial charge in [-0.25, -0.2) is 0 Å². The molecule has 1 N–H and O–H groups in total. The first kappa shape index (κ1) is 14.7. The molecule has 0 aromatic heterocycles. The van der Waals surface area contributed by atoms with Gasteiger partial charge >= 0.3 is 0 Å². The average Bonchev–Trinajstić information content (AvgIpc) is 2.52. The van der Waals surface area contributed by atoms with Crippen LogP contribution in [-0.4, -0.2) is 27.4 Å². The number of benzene rings is 1. The molecule has 0 radical (unpaired) electrons. The van der Waals surface area contributed by atoms with Crippen molar-refractivity contribution in [3.05, 3.63) is 35.6 Å². The van der Waals surface area contributed by atoms with Crippen LogP contribution in [0.3, 0.4) is 0 Å². The lowest BCUT2D eigenvalue weighted by Crippen LogP contribution is -2.25. The Bertz CT molecular complexity index is 471. The largest absolute Gasteiger partial charge is 0.496 e. The van der Waals surface area contributed by atoms with Crippen LogP contribution in [0.5, 0.6) is 11.5 Å². The highest BCUT2D eigenvalue weighted by Gasteiger charge is 2.20. The van der Waals surface area contributed by atoms with Crippen LogP contribution >= 0.6 is 0 Å². The number of likely N-dealkylation sites (N-methyl/N-ethyl adjacent to an activating group) is 1. The van der Waals surface area contributed by atoms with E-state index >= 15 is 0 Å². The van der Waals surface area contributed by atoms with E-state index in [1.54, 1.807) is 14.2 Å². The molecule has 0 fully saturated rings. The Labute approximate surface area is 120 Å². The van der Waals surface area contributed by atoms with E-state index in [0.29, 0.717) is 0 Å². The minimum absolute atomic E-state index is 0.0695. The number of allylic oxidation sites excluding steroid dienone is 1. The molecule has 20 heavy (non-hydrogen) atoms. The highest BCUT2D eigenvalue weighted by molar-refractivity contribution is 5.45. The fourth-order valence-electron chi connectivity index (χ4n) is 2.40. The van der Waals surface area contributed by atoms with Crippen molar-refractivity contribution in [2.45, 2.75) is 25.8 Å². The molecular formula is C16H23NO3. The third kappa shape index (κ3) is 3.25. The maximum absolute atomic E-state index is 5.80. The van der Waals surface area contributed by atoms with Crippen molar-refractivity contribution in [3.8, 4) is 11.5 Å². The van der Waals surface area contributed by atoms with Gasteiger partial charge in [-0.1, -0.05) is 13.0 Å². The molecule has 1 aromatic rings. The standard InChI is InChI=1S/C16H23NO3/c1-4-17-16(14-7-5-6-10-20-14)12-8-9-13(18-2)15(11-12)19-3/h7-9,11,16-17H,4-6,10H2,1-3H3. The molecule has 2 rings (SSSR count). The molecule has 1 atom stereocenters. The van der Waals surface area contributed by atoms with Gasteiger partial charge in [0.15, 0.2) is 11.5 Å². The predicted octanol–water partition coefficient (Wildman–Crippen LogP) is 3.05. The predicted molar refractivity (Wildman–Crippen MR) is 79.2 cm³/mol. The van der Waals surface area contributed by atoms with E-state index in [4.69, 9.17) is 14.2 Å². The number of rotatable bonds is 6. The molecule has 1 unspecified atom stereocenters. The highest BCUT2D eigenvalue weighted by atomic mass is 16.5. The Morgan fingerprint density at radius 1 is 1.25 bits per heavy atom. The van der Waals surface area contributed by atoms with Crippen molar-refractivity contribution >= 4 is 0 Å². The van der Waals surface area contributed by atoms with Crippen molar-refractivity contribution in [1.82, 2.24) is 5.32 Å². The Balaban J connectivity index is 2.31. The van der Waals surface area contributed by atoms with Crippen LogP contribution < -0.4 is 14.8 Å². The SMILES string of the molecule is CCNC(C1=CCCCO1)c1ccc(OC)c(OC)c1. The quantitative estimate of drug-likeness (QED) is 0.867. The van der Waals surface area contributed by atoms with Crippen LogP contribution in [-0.2, 0) is 4.74 Å². The van der Waals surface area contributed by atoms with Gasteiger partial charge in [0.1, 0.15) is 5.76 Å². The van der Waals surface area contributed by atoms with Crippen LogP contribution in [0, 0.1) is 0 Å². The molecule has 4 nitrogen and oxygen atoms in total. The first-order valence-corrected chi connectivity index (χ1v) is 7.08. The molecule has 1 aliphatic heterocycles. The van der Waals surface area contributed by atoms with Crippen LogP contribution in [0.1, 0.15) is 31.4 Å². The summed E-state index contributed by atoms with van der Waals surface area (Å²) < 4.78 is 16.5. The summed E-state index contributed by atoms with van der Waals surface area (Å²) in [7, 11) is 3.30. The fourth-order valence-corrected chi connectivity index (χ4v) is 2.40. The zero-order valence-electron chi connectivity index (χ0n) is 12.4. The molecule has 0 saturated carbocycles. The van der Waals surface area contributed by atoms with E-state index in [1.165, 1.54) is 0 Å². The van der Waals surface area contributed by atoms with Crippen LogP contribution in [0.2, 0.25) is 0 Å². The summed E-state index contributed by atoms with van der Waals surface area (Å²) in [6, 6.07) is 6.06. The minimum atomic E-state index is 0.0695. The van der Waals surface area contributed by atoms with Gasteiger partial charge in [-0.3, -0.25) is 0 Å². The summed E-state index contributed by atoms with van der Waals surface area (Å²) in [4.78, 5) is 0. The topological polar surface area (TPSA) is 39.7 Å². The first-order valence-electron chi connectivity index (χ1n) is 7.08. The minimum Gasteiger partial charge on any atom is -0.496 e.